The van der Waals surface area contributed by atoms with Crippen LogP contribution in [0.4, 0.5) is 0 Å². The number of nitrogens with one attached hydrogen (secondary N) is 1. The van der Waals surface area contributed by atoms with Gasteiger partial charge in [-0.15, -0.1) is 0 Å². The van der Waals surface area contributed by atoms with Crippen LogP contribution in [0.3, 0.4) is 0 Å². The molecule has 0 unspecified atom stereocenters. The molecule has 0 spiro atoms. The number of carbonyl (C=O) groups excluding carboxylic acids is 1. The zero-order chi connectivity index (χ0) is 13.4. The third-order valence-electron chi connectivity index (χ3n) is 3.55. The molecule has 2 aromatic rings. The number of carboxylic acids is 1. The predicted molar refractivity (Wildman–Crippen MR) is 67.8 cm³/mol. The summed E-state index contributed by atoms with van der Waals surface area (Å²) >= 11 is 0. The van der Waals surface area contributed by atoms with Crippen molar-refractivity contribution in [2.24, 2.45) is 5.92 Å². The highest BCUT2D eigenvalue weighted by Gasteiger charge is 2.35. The van der Waals surface area contributed by atoms with Crippen LogP contribution in [0, 0.1) is 5.92 Å². The zero-order valence-electron chi connectivity index (χ0n) is 10.1. The molecule has 0 saturated heterocycles. The Balaban J connectivity index is 1.70. The molecule has 1 fully saturated rings. The Hall–Kier alpha value is -2.30. The maximum Gasteiger partial charge on any atom is 0.306 e. The molecule has 1 saturated carbocycles. The molecule has 5 nitrogen and oxygen atoms in total. The average Bonchev–Trinajstić information content (AvgIpc) is 2.76. The van der Waals surface area contributed by atoms with Crippen LogP contribution < -0.4 is 5.32 Å². The summed E-state index contributed by atoms with van der Waals surface area (Å²) in [6.07, 6.45) is 2.43. The number of carbonyl (C=O) groups is 2. The maximum absolute atomic E-state index is 12.1. The summed E-state index contributed by atoms with van der Waals surface area (Å²) in [5, 5.41) is 12.4. The standard InChI is InChI=1S/C14H13NO4/c16-13(15-9-5-8(6-9)14(17)18)11-7-19-12-4-2-1-3-10(11)12/h1-4,7-9H,5-6H2,(H,15,16)(H,17,18). The first-order chi connectivity index (χ1) is 9.15. The first-order valence-corrected chi connectivity index (χ1v) is 6.15. The maximum atomic E-state index is 12.1. The van der Waals surface area contributed by atoms with Gasteiger partial charge in [0.2, 0.25) is 0 Å². The topological polar surface area (TPSA) is 79.5 Å². The van der Waals surface area contributed by atoms with E-state index in [1.165, 1.54) is 6.26 Å². The van der Waals surface area contributed by atoms with E-state index in [1.54, 1.807) is 6.07 Å². The quantitative estimate of drug-likeness (QED) is 0.883. The summed E-state index contributed by atoms with van der Waals surface area (Å²) in [5.74, 6) is -1.33. The Morgan fingerprint density at radius 2 is 2.00 bits per heavy atom. The van der Waals surface area contributed by atoms with Gasteiger partial charge in [0.1, 0.15) is 11.8 Å². The lowest BCUT2D eigenvalue weighted by molar-refractivity contribution is -0.145. The molecule has 1 aromatic heterocycles. The van der Waals surface area contributed by atoms with Gasteiger partial charge < -0.3 is 14.8 Å². The van der Waals surface area contributed by atoms with Gasteiger partial charge in [-0.05, 0) is 18.9 Å². The normalized spacial score (nSPS) is 21.9. The van der Waals surface area contributed by atoms with Crippen molar-refractivity contribution in [3.63, 3.8) is 0 Å². The van der Waals surface area contributed by atoms with Crippen molar-refractivity contribution in [3.05, 3.63) is 36.1 Å². The van der Waals surface area contributed by atoms with E-state index >= 15 is 0 Å². The van der Waals surface area contributed by atoms with Crippen molar-refractivity contribution >= 4 is 22.8 Å². The Morgan fingerprint density at radius 1 is 1.26 bits per heavy atom. The van der Waals surface area contributed by atoms with Gasteiger partial charge in [0.05, 0.1) is 11.5 Å². The highest BCUT2D eigenvalue weighted by Crippen LogP contribution is 2.28. The van der Waals surface area contributed by atoms with Crippen molar-refractivity contribution in [2.45, 2.75) is 18.9 Å². The molecule has 0 bridgehead atoms. The fraction of sp³-hybridized carbons (Fsp3) is 0.286. The Kier molecular flexibility index (Phi) is 2.74. The fourth-order valence-electron chi connectivity index (χ4n) is 2.35. The van der Waals surface area contributed by atoms with Crippen LogP contribution in [0.15, 0.2) is 34.9 Å². The van der Waals surface area contributed by atoms with Crippen molar-refractivity contribution < 1.29 is 19.1 Å². The van der Waals surface area contributed by atoms with Gasteiger partial charge in [-0.25, -0.2) is 0 Å². The largest absolute Gasteiger partial charge is 0.481 e. The molecule has 3 rings (SSSR count). The molecule has 98 valence electrons. The lowest BCUT2D eigenvalue weighted by atomic mass is 9.80. The lowest BCUT2D eigenvalue weighted by Crippen LogP contribution is -2.46. The Morgan fingerprint density at radius 3 is 2.74 bits per heavy atom. The van der Waals surface area contributed by atoms with E-state index in [0.717, 1.165) is 5.39 Å². The highest BCUT2D eigenvalue weighted by molar-refractivity contribution is 6.06. The van der Waals surface area contributed by atoms with E-state index in [9.17, 15) is 9.59 Å². The Bertz CT molecular complexity index is 640. The van der Waals surface area contributed by atoms with Gasteiger partial charge in [0.25, 0.3) is 5.91 Å². The number of rotatable bonds is 3. The highest BCUT2D eigenvalue weighted by atomic mass is 16.4. The molecular weight excluding hydrogens is 246 g/mol. The van der Waals surface area contributed by atoms with E-state index in [0.29, 0.717) is 24.0 Å². The molecule has 1 aliphatic rings. The second-order valence-corrected chi connectivity index (χ2v) is 4.82. The van der Waals surface area contributed by atoms with E-state index in [4.69, 9.17) is 9.52 Å². The van der Waals surface area contributed by atoms with Crippen molar-refractivity contribution in [1.29, 1.82) is 0 Å². The molecule has 1 aliphatic carbocycles. The number of aliphatic carboxylic acids is 1. The van der Waals surface area contributed by atoms with Gasteiger partial charge >= 0.3 is 5.97 Å². The monoisotopic (exact) mass is 259 g/mol. The molecule has 1 aromatic carbocycles. The van der Waals surface area contributed by atoms with Crippen LogP contribution in [0.5, 0.6) is 0 Å². The second kappa shape index (κ2) is 4.42. The van der Waals surface area contributed by atoms with Crippen LogP contribution in [-0.2, 0) is 4.79 Å². The van der Waals surface area contributed by atoms with Crippen LogP contribution in [-0.4, -0.2) is 23.0 Å². The van der Waals surface area contributed by atoms with E-state index in [2.05, 4.69) is 5.32 Å². The lowest BCUT2D eigenvalue weighted by Gasteiger charge is -2.32. The van der Waals surface area contributed by atoms with Crippen LogP contribution in [0.25, 0.3) is 11.0 Å². The summed E-state index contributed by atoms with van der Waals surface area (Å²) in [7, 11) is 0. The Labute approximate surface area is 109 Å². The van der Waals surface area contributed by atoms with Crippen LogP contribution in [0.2, 0.25) is 0 Å². The average molecular weight is 259 g/mol. The number of carboxylic acid groups (broad SMARTS) is 1. The molecule has 0 atom stereocenters. The van der Waals surface area contributed by atoms with Crippen molar-refractivity contribution in [1.82, 2.24) is 5.32 Å². The SMILES string of the molecule is O=C(NC1CC(C(=O)O)C1)c1coc2ccccc12. The van der Waals surface area contributed by atoms with Gasteiger partial charge in [-0.2, -0.15) is 0 Å². The summed E-state index contributed by atoms with van der Waals surface area (Å²) < 4.78 is 5.31. The minimum atomic E-state index is -0.792. The number of fused-ring (bicyclic) bond motifs is 1. The number of para-hydroxylation sites is 1. The van der Waals surface area contributed by atoms with Crippen LogP contribution >= 0.6 is 0 Å². The van der Waals surface area contributed by atoms with Gasteiger partial charge in [0, 0.05) is 11.4 Å². The third-order valence-corrected chi connectivity index (χ3v) is 3.55. The molecule has 1 heterocycles. The number of furan rings is 1. The number of hydrogen-bond acceptors (Lipinski definition) is 3. The first kappa shape index (κ1) is 11.8. The summed E-state index contributed by atoms with van der Waals surface area (Å²) in [6, 6.07) is 7.27. The van der Waals surface area contributed by atoms with Gasteiger partial charge in [0.15, 0.2) is 0 Å². The van der Waals surface area contributed by atoms with Gasteiger partial charge in [-0.1, -0.05) is 18.2 Å². The summed E-state index contributed by atoms with van der Waals surface area (Å²) in [5.41, 5.74) is 1.17. The number of amides is 1. The number of hydrogen-bond donors (Lipinski definition) is 2. The van der Waals surface area contributed by atoms with E-state index in [-0.39, 0.29) is 17.9 Å². The third kappa shape index (κ3) is 2.07. The molecule has 0 aliphatic heterocycles. The second-order valence-electron chi connectivity index (χ2n) is 4.82. The minimum absolute atomic E-state index is 0.0535. The molecule has 5 heteroatoms. The van der Waals surface area contributed by atoms with E-state index in [1.807, 2.05) is 18.2 Å². The van der Waals surface area contributed by atoms with Crippen molar-refractivity contribution in [2.75, 3.05) is 0 Å². The number of benzene rings is 1. The predicted octanol–water partition coefficient (Wildman–Crippen LogP) is 2.03. The molecule has 2 N–H and O–H groups in total. The molecule has 1 amide bonds. The molecule has 19 heavy (non-hydrogen) atoms. The first-order valence-electron chi connectivity index (χ1n) is 6.15. The smallest absolute Gasteiger partial charge is 0.306 e. The molecule has 0 radical (unpaired) electrons. The molecular formula is C14H13NO4. The summed E-state index contributed by atoms with van der Waals surface area (Å²) in [6.45, 7) is 0. The van der Waals surface area contributed by atoms with Gasteiger partial charge in [-0.3, -0.25) is 9.59 Å². The van der Waals surface area contributed by atoms with Crippen LogP contribution in [0.1, 0.15) is 23.2 Å². The van der Waals surface area contributed by atoms with E-state index < -0.39 is 5.97 Å². The summed E-state index contributed by atoms with van der Waals surface area (Å²) in [4.78, 5) is 22.8. The minimum Gasteiger partial charge on any atom is -0.481 e. The zero-order valence-corrected chi connectivity index (χ0v) is 10.1. The fourth-order valence-corrected chi connectivity index (χ4v) is 2.35. The van der Waals surface area contributed by atoms with Crippen molar-refractivity contribution in [3.8, 4) is 0 Å².